The predicted molar refractivity (Wildman–Crippen MR) is 201 cm³/mol. The molecule has 7 N–H and O–H groups in total. The summed E-state index contributed by atoms with van der Waals surface area (Å²) in [6.07, 6.45) is 2.83. The zero-order valence-electron chi connectivity index (χ0n) is 28.8. The van der Waals surface area contributed by atoms with E-state index in [1.54, 1.807) is 17.0 Å². The van der Waals surface area contributed by atoms with Crippen LogP contribution in [0.3, 0.4) is 0 Å². The van der Waals surface area contributed by atoms with Crippen molar-refractivity contribution in [3.8, 4) is 16.9 Å². The Morgan fingerprint density at radius 1 is 0.981 bits per heavy atom. The highest BCUT2D eigenvalue weighted by Crippen LogP contribution is 2.36. The number of aromatic hydroxyl groups is 1. The van der Waals surface area contributed by atoms with Gasteiger partial charge >= 0.3 is 6.09 Å². The minimum Gasteiger partial charge on any atom is -0.506 e. The topological polar surface area (TPSA) is 183 Å². The maximum absolute atomic E-state index is 12.7. The predicted octanol–water partition coefficient (Wildman–Crippen LogP) is 5.86. The van der Waals surface area contributed by atoms with Gasteiger partial charge in [-0.2, -0.15) is 0 Å². The number of aromatic nitrogens is 4. The lowest BCUT2D eigenvalue weighted by atomic mass is 9.89. The Morgan fingerprint density at radius 2 is 1.77 bits per heavy atom. The Morgan fingerprint density at radius 3 is 2.56 bits per heavy atom. The van der Waals surface area contributed by atoms with Crippen LogP contribution < -0.4 is 21.5 Å². The van der Waals surface area contributed by atoms with E-state index in [0.717, 1.165) is 71.8 Å². The molecule has 52 heavy (non-hydrogen) atoms. The number of phenolic OH excluding ortho intramolecular Hbond substituents is 1. The van der Waals surface area contributed by atoms with Crippen LogP contribution in [-0.4, -0.2) is 60.0 Å². The van der Waals surface area contributed by atoms with Gasteiger partial charge in [-0.25, -0.2) is 9.48 Å². The lowest BCUT2D eigenvalue weighted by Gasteiger charge is -2.35. The van der Waals surface area contributed by atoms with Crippen molar-refractivity contribution in [1.82, 2.24) is 25.3 Å². The van der Waals surface area contributed by atoms with Gasteiger partial charge in [-0.1, -0.05) is 59.8 Å². The molecule has 12 heteroatoms. The number of hydrogen-bond acceptors (Lipinski definition) is 8. The summed E-state index contributed by atoms with van der Waals surface area (Å²) >= 11 is 0. The Labute approximate surface area is 300 Å². The fourth-order valence-corrected chi connectivity index (χ4v) is 7.35. The molecule has 1 atom stereocenters. The summed E-state index contributed by atoms with van der Waals surface area (Å²) in [7, 11) is 0. The number of H-pyrrole nitrogens is 1. The van der Waals surface area contributed by atoms with Crippen LogP contribution in [0, 0.1) is 0 Å². The number of aliphatic hydroxyl groups is 1. The van der Waals surface area contributed by atoms with Gasteiger partial charge in [-0.15, -0.1) is 5.10 Å². The summed E-state index contributed by atoms with van der Waals surface area (Å²) in [5.41, 5.74) is 13.1. The zero-order chi connectivity index (χ0) is 36.2. The van der Waals surface area contributed by atoms with E-state index in [2.05, 4.69) is 26.7 Å². The van der Waals surface area contributed by atoms with E-state index in [-0.39, 0.29) is 29.9 Å². The van der Waals surface area contributed by atoms with Crippen LogP contribution in [0.4, 0.5) is 10.5 Å². The van der Waals surface area contributed by atoms with E-state index in [9.17, 15) is 24.9 Å². The minimum absolute atomic E-state index is 0.0483. The van der Waals surface area contributed by atoms with Crippen LogP contribution in [0.2, 0.25) is 0 Å². The number of benzene rings is 4. The van der Waals surface area contributed by atoms with Gasteiger partial charge in [-0.05, 0) is 91.1 Å². The van der Waals surface area contributed by atoms with Crippen LogP contribution in [0.1, 0.15) is 54.9 Å². The van der Waals surface area contributed by atoms with E-state index in [0.29, 0.717) is 35.2 Å². The summed E-state index contributed by atoms with van der Waals surface area (Å²) in [5.74, 6) is -0.0483. The lowest BCUT2D eigenvalue weighted by molar-refractivity contribution is 0.176. The molecule has 4 aromatic carbocycles. The van der Waals surface area contributed by atoms with Gasteiger partial charge in [0, 0.05) is 48.7 Å². The number of aliphatic hydroxyl groups excluding tert-OH is 1. The van der Waals surface area contributed by atoms with Crippen LogP contribution in [0.15, 0.2) is 95.8 Å². The summed E-state index contributed by atoms with van der Waals surface area (Å²) in [4.78, 5) is 28.7. The molecule has 1 aliphatic carbocycles. The Kier molecular flexibility index (Phi) is 10.3. The number of rotatable bonds is 12. The van der Waals surface area contributed by atoms with Crippen LogP contribution in [0.5, 0.6) is 5.75 Å². The number of aromatic amines is 1. The van der Waals surface area contributed by atoms with E-state index in [4.69, 9.17) is 5.73 Å². The molecule has 0 aliphatic heterocycles. The van der Waals surface area contributed by atoms with Gasteiger partial charge in [0.15, 0.2) is 0 Å². The average molecular weight is 702 g/mol. The summed E-state index contributed by atoms with van der Waals surface area (Å²) in [6.45, 7) is 1.40. The third-order valence-corrected chi connectivity index (χ3v) is 10.1. The molecular weight excluding hydrogens is 658 g/mol. The van der Waals surface area contributed by atoms with Crippen molar-refractivity contribution < 1.29 is 20.1 Å². The number of nitrogens with two attached hydrogens (primary N) is 1. The maximum Gasteiger partial charge on any atom is 0.412 e. The van der Waals surface area contributed by atoms with Gasteiger partial charge in [0.1, 0.15) is 11.3 Å². The van der Waals surface area contributed by atoms with E-state index in [1.807, 2.05) is 65.3 Å². The molecule has 0 unspecified atom stereocenters. The number of anilines is 1. The number of carboxylic acid groups (broad SMARTS) is 1. The second kappa shape index (κ2) is 15.4. The van der Waals surface area contributed by atoms with Gasteiger partial charge in [-0.3, -0.25) is 9.69 Å². The summed E-state index contributed by atoms with van der Waals surface area (Å²) in [6, 6.07) is 28.2. The molecule has 1 saturated carbocycles. The maximum atomic E-state index is 12.7. The third-order valence-electron chi connectivity index (χ3n) is 10.1. The molecule has 268 valence electrons. The Balaban J connectivity index is 1.00. The number of hydrogen-bond donors (Lipinski definition) is 6. The molecule has 2 heterocycles. The van der Waals surface area contributed by atoms with Gasteiger partial charge in [0.25, 0.3) is 0 Å². The molecule has 6 aromatic rings. The largest absolute Gasteiger partial charge is 0.506 e. The van der Waals surface area contributed by atoms with Gasteiger partial charge in [0.2, 0.25) is 5.56 Å². The quantitative estimate of drug-likeness (QED) is 0.0911. The molecule has 1 aliphatic rings. The molecule has 0 spiro atoms. The van der Waals surface area contributed by atoms with Crippen molar-refractivity contribution in [2.75, 3.05) is 11.4 Å². The summed E-state index contributed by atoms with van der Waals surface area (Å²) < 4.78 is 1.89. The van der Waals surface area contributed by atoms with Gasteiger partial charge < -0.3 is 31.4 Å². The highest BCUT2D eigenvalue weighted by Gasteiger charge is 2.30. The molecule has 0 bridgehead atoms. The van der Waals surface area contributed by atoms with E-state index < -0.39 is 12.2 Å². The Hall–Kier alpha value is -5.56. The first-order chi connectivity index (χ1) is 25.2. The fourth-order valence-electron chi connectivity index (χ4n) is 7.35. The smallest absolute Gasteiger partial charge is 0.412 e. The lowest BCUT2D eigenvalue weighted by Crippen LogP contribution is -2.44. The standard InChI is InChI=1S/C40H43N7O5/c41-28-10-12-29(13-11-28)47(40(51)52)35-22-25(8-14-30(35)27-6-2-1-3-7-27)5-4-20-46-34-17-9-26(21-33(34)44-45-46)23-42-24-37(49)31-15-18-36(48)39-32(31)16-19-38(50)43-39/h1-3,6-9,14-19,21-22,28-29,37,42,48-49H,4-5,10-13,20,23-24,41H2,(H,43,50)(H,51,52)/t28?,29?,37-/m0/s1. The number of phenols is 1. The van der Waals surface area contributed by atoms with Crippen molar-refractivity contribution in [2.45, 2.75) is 69.8 Å². The van der Waals surface area contributed by atoms with E-state index in [1.165, 1.54) is 12.1 Å². The monoisotopic (exact) mass is 701 g/mol. The molecule has 0 radical (unpaired) electrons. The van der Waals surface area contributed by atoms with Crippen LogP contribution in [-0.2, 0) is 19.5 Å². The molecule has 0 saturated heterocycles. The van der Waals surface area contributed by atoms with Gasteiger partial charge in [0.05, 0.1) is 22.8 Å². The average Bonchev–Trinajstić information content (AvgIpc) is 3.55. The zero-order valence-corrected chi connectivity index (χ0v) is 28.8. The molecule has 7 rings (SSSR count). The molecule has 1 fully saturated rings. The first kappa shape index (κ1) is 34.9. The SMILES string of the molecule is NC1CCC(N(C(=O)O)c2cc(CCCn3nnc4cc(CNC[C@H](O)c5ccc(O)c6[nH]c(=O)ccc56)ccc43)ccc2-c2ccccc2)CC1. The van der Waals surface area contributed by atoms with Crippen molar-refractivity contribution >= 4 is 33.7 Å². The highest BCUT2D eigenvalue weighted by molar-refractivity contribution is 5.94. The molecule has 1 amide bonds. The number of amides is 1. The molecular formula is C40H43N7O5. The molecule has 2 aromatic heterocycles. The fraction of sp³-hybridized carbons (Fsp3) is 0.300. The highest BCUT2D eigenvalue weighted by atomic mass is 16.4. The minimum atomic E-state index is -0.945. The number of nitrogens with one attached hydrogen (secondary N) is 2. The van der Waals surface area contributed by atoms with Crippen molar-refractivity contribution in [1.29, 1.82) is 0 Å². The number of aryl methyl sites for hydroxylation is 2. The second-order valence-corrected chi connectivity index (χ2v) is 13.6. The number of nitrogens with zero attached hydrogens (tertiary/aromatic N) is 4. The number of carbonyl (C=O) groups is 1. The number of fused-ring (bicyclic) bond motifs is 2. The van der Waals surface area contributed by atoms with Crippen LogP contribution >= 0.6 is 0 Å². The van der Waals surface area contributed by atoms with Crippen LogP contribution in [0.25, 0.3) is 33.1 Å². The second-order valence-electron chi connectivity index (χ2n) is 13.6. The van der Waals surface area contributed by atoms with Crippen molar-refractivity contribution in [3.05, 3.63) is 118 Å². The number of pyridine rings is 1. The molecule has 12 nitrogen and oxygen atoms in total. The van der Waals surface area contributed by atoms with Crippen molar-refractivity contribution in [3.63, 3.8) is 0 Å². The van der Waals surface area contributed by atoms with Crippen molar-refractivity contribution in [2.24, 2.45) is 5.73 Å². The first-order valence-corrected chi connectivity index (χ1v) is 17.8. The third kappa shape index (κ3) is 7.54. The first-order valence-electron chi connectivity index (χ1n) is 17.8. The van der Waals surface area contributed by atoms with E-state index >= 15 is 0 Å². The summed E-state index contributed by atoms with van der Waals surface area (Å²) in [5, 5.41) is 44.2. The normalized spacial score (nSPS) is 16.7. The Bertz CT molecular complexity index is 2250.